The van der Waals surface area contributed by atoms with Gasteiger partial charge in [0.15, 0.2) is 5.65 Å². The number of para-hydroxylation sites is 1. The number of aromatic nitrogens is 3. The van der Waals surface area contributed by atoms with Crippen LogP contribution in [0.15, 0.2) is 60.8 Å². The van der Waals surface area contributed by atoms with Crippen LogP contribution >= 0.6 is 11.6 Å². The van der Waals surface area contributed by atoms with Crippen LogP contribution in [0.5, 0.6) is 0 Å². The average molecular weight is 407 g/mol. The topological polar surface area (TPSA) is 68.5 Å². The van der Waals surface area contributed by atoms with Gasteiger partial charge in [0.2, 0.25) is 0 Å². The van der Waals surface area contributed by atoms with Crippen molar-refractivity contribution in [2.24, 2.45) is 0 Å². The van der Waals surface area contributed by atoms with Crippen LogP contribution in [0.25, 0.3) is 16.8 Å². The Balaban J connectivity index is 1.81. The molecule has 29 heavy (non-hydrogen) atoms. The Hall–Kier alpha value is -3.22. The second kappa shape index (κ2) is 8.03. The lowest BCUT2D eigenvalue weighted by Crippen LogP contribution is -2.16. The molecule has 6 nitrogen and oxygen atoms in total. The van der Waals surface area contributed by atoms with Gasteiger partial charge in [0.05, 0.1) is 29.1 Å². The van der Waals surface area contributed by atoms with Crippen LogP contribution < -0.4 is 5.32 Å². The summed E-state index contributed by atoms with van der Waals surface area (Å²) >= 11 is 6.19. The summed E-state index contributed by atoms with van der Waals surface area (Å²) in [6.07, 6.45) is 1.58. The number of nitrogens with zero attached hydrogens (tertiary/aromatic N) is 3. The highest BCUT2D eigenvalue weighted by molar-refractivity contribution is 6.30. The molecule has 0 saturated carbocycles. The molecule has 0 atom stereocenters. The Morgan fingerprint density at radius 3 is 2.69 bits per heavy atom. The fourth-order valence-electron chi connectivity index (χ4n) is 3.26. The normalized spacial score (nSPS) is 11.0. The molecule has 0 bridgehead atoms. The van der Waals surface area contributed by atoms with E-state index >= 15 is 0 Å². The first-order valence-electron chi connectivity index (χ1n) is 9.07. The second-order valence-electron chi connectivity index (χ2n) is 6.58. The van der Waals surface area contributed by atoms with Crippen molar-refractivity contribution in [1.82, 2.24) is 14.6 Å². The highest BCUT2D eigenvalue weighted by Gasteiger charge is 2.20. The molecule has 2 heterocycles. The fraction of sp³-hybridized carbons (Fsp3) is 0.136. The molecule has 1 amide bonds. The van der Waals surface area contributed by atoms with Crippen molar-refractivity contribution in [2.45, 2.75) is 13.5 Å². The predicted molar refractivity (Wildman–Crippen MR) is 113 cm³/mol. The molecule has 1 N–H and O–H groups in total. The molecule has 0 saturated heterocycles. The maximum absolute atomic E-state index is 12.8. The fourth-order valence-corrected chi connectivity index (χ4v) is 3.45. The van der Waals surface area contributed by atoms with E-state index in [0.29, 0.717) is 28.5 Å². The number of anilines is 1. The minimum absolute atomic E-state index is 0.240. The van der Waals surface area contributed by atoms with Crippen LogP contribution in [0.2, 0.25) is 5.02 Å². The van der Waals surface area contributed by atoms with E-state index < -0.39 is 0 Å². The van der Waals surface area contributed by atoms with E-state index in [-0.39, 0.29) is 5.91 Å². The molecule has 0 aliphatic carbocycles. The van der Waals surface area contributed by atoms with E-state index in [1.807, 2.05) is 61.5 Å². The van der Waals surface area contributed by atoms with Gasteiger partial charge in [-0.25, -0.2) is 9.50 Å². The quantitative estimate of drug-likeness (QED) is 0.519. The summed E-state index contributed by atoms with van der Waals surface area (Å²) in [6.45, 7) is 2.16. The van der Waals surface area contributed by atoms with Gasteiger partial charge in [-0.3, -0.25) is 4.79 Å². The smallest absolute Gasteiger partial charge is 0.259 e. The summed E-state index contributed by atoms with van der Waals surface area (Å²) in [7, 11) is 1.62. The van der Waals surface area contributed by atoms with Crippen molar-refractivity contribution >= 4 is 28.8 Å². The number of rotatable bonds is 5. The maximum atomic E-state index is 12.8. The molecule has 146 valence electrons. The zero-order valence-electron chi connectivity index (χ0n) is 16.0. The van der Waals surface area contributed by atoms with E-state index in [0.717, 1.165) is 22.5 Å². The number of nitrogens with one attached hydrogen (secondary N) is 1. The Labute approximate surface area is 173 Å². The summed E-state index contributed by atoms with van der Waals surface area (Å²) in [5.41, 5.74) is 4.97. The second-order valence-corrected chi connectivity index (χ2v) is 7.01. The Morgan fingerprint density at radius 2 is 1.97 bits per heavy atom. The van der Waals surface area contributed by atoms with Crippen molar-refractivity contribution in [3.8, 4) is 11.1 Å². The largest absolute Gasteiger partial charge is 0.378 e. The molecule has 0 fully saturated rings. The number of carbonyl (C=O) groups excluding carboxylic acids is 1. The zero-order chi connectivity index (χ0) is 20.4. The monoisotopic (exact) mass is 406 g/mol. The van der Waals surface area contributed by atoms with Crippen LogP contribution in [0.3, 0.4) is 0 Å². The van der Waals surface area contributed by atoms with Crippen LogP contribution in [0.4, 0.5) is 5.69 Å². The summed E-state index contributed by atoms with van der Waals surface area (Å²) < 4.78 is 7.02. The number of ether oxygens (including phenoxy) is 1. The number of benzene rings is 2. The highest BCUT2D eigenvalue weighted by atomic mass is 35.5. The number of halogens is 1. The van der Waals surface area contributed by atoms with Crippen molar-refractivity contribution < 1.29 is 9.53 Å². The number of hydrogen-bond donors (Lipinski definition) is 1. The summed E-state index contributed by atoms with van der Waals surface area (Å²) in [6, 6.07) is 16.8. The van der Waals surface area contributed by atoms with E-state index in [1.165, 1.54) is 0 Å². The van der Waals surface area contributed by atoms with Crippen LogP contribution in [0.1, 0.15) is 21.7 Å². The molecule has 0 radical (unpaired) electrons. The molecular formula is C22H19ClN4O2. The van der Waals surface area contributed by atoms with Gasteiger partial charge in [0.25, 0.3) is 5.91 Å². The van der Waals surface area contributed by atoms with E-state index in [1.54, 1.807) is 17.8 Å². The number of amides is 1. The minimum atomic E-state index is -0.240. The van der Waals surface area contributed by atoms with Crippen molar-refractivity contribution in [3.63, 3.8) is 0 Å². The molecule has 2 aromatic carbocycles. The molecule has 4 rings (SSSR count). The van der Waals surface area contributed by atoms with Crippen LogP contribution in [0, 0.1) is 6.92 Å². The predicted octanol–water partition coefficient (Wildman–Crippen LogP) is 4.76. The number of aryl methyl sites for hydroxylation is 1. The van der Waals surface area contributed by atoms with Crippen LogP contribution in [-0.2, 0) is 11.3 Å². The third-order valence-corrected chi connectivity index (χ3v) is 4.86. The Morgan fingerprint density at radius 1 is 1.17 bits per heavy atom. The molecule has 0 unspecified atom stereocenters. The standard InChI is InChI=1S/C22H19ClN4O2/c1-14-18(22(28)25-17-9-4-3-5-10-17)12-24-21-20(15-7-6-8-16(23)11-15)19(13-29-2)26-27(14)21/h3-12H,13H2,1-2H3,(H,25,28). The lowest BCUT2D eigenvalue weighted by Gasteiger charge is -2.09. The van der Waals surface area contributed by atoms with E-state index in [2.05, 4.69) is 15.4 Å². The first-order valence-corrected chi connectivity index (χ1v) is 9.44. The van der Waals surface area contributed by atoms with Crippen molar-refractivity contribution in [3.05, 3.63) is 82.8 Å². The number of hydrogen-bond acceptors (Lipinski definition) is 4. The maximum Gasteiger partial charge on any atom is 0.259 e. The van der Waals surface area contributed by atoms with Crippen molar-refractivity contribution in [1.29, 1.82) is 0 Å². The lowest BCUT2D eigenvalue weighted by molar-refractivity contribution is 0.102. The number of carbonyl (C=O) groups is 1. The third kappa shape index (κ3) is 3.72. The van der Waals surface area contributed by atoms with Crippen molar-refractivity contribution in [2.75, 3.05) is 12.4 Å². The van der Waals surface area contributed by atoms with Gasteiger partial charge in [-0.1, -0.05) is 41.9 Å². The summed E-state index contributed by atoms with van der Waals surface area (Å²) in [5.74, 6) is -0.240. The Bertz CT molecular complexity index is 1190. The molecule has 2 aromatic heterocycles. The average Bonchev–Trinajstić information content (AvgIpc) is 3.08. The summed E-state index contributed by atoms with van der Waals surface area (Å²) in [5, 5.41) is 8.18. The first-order chi connectivity index (χ1) is 14.1. The summed E-state index contributed by atoms with van der Waals surface area (Å²) in [4.78, 5) is 17.3. The minimum Gasteiger partial charge on any atom is -0.378 e. The molecule has 0 aliphatic rings. The van der Waals surface area contributed by atoms with Gasteiger partial charge in [-0.2, -0.15) is 5.10 Å². The highest BCUT2D eigenvalue weighted by Crippen LogP contribution is 2.31. The number of fused-ring (bicyclic) bond motifs is 1. The van der Waals surface area contributed by atoms with Gasteiger partial charge in [0, 0.05) is 24.0 Å². The Kier molecular flexibility index (Phi) is 5.29. The van der Waals surface area contributed by atoms with Gasteiger partial charge in [0.1, 0.15) is 0 Å². The van der Waals surface area contributed by atoms with E-state index in [9.17, 15) is 4.79 Å². The zero-order valence-corrected chi connectivity index (χ0v) is 16.8. The van der Waals surface area contributed by atoms with Crippen LogP contribution in [-0.4, -0.2) is 27.6 Å². The molecular weight excluding hydrogens is 388 g/mol. The van der Waals surface area contributed by atoms with Gasteiger partial charge in [-0.15, -0.1) is 0 Å². The number of methoxy groups -OCH3 is 1. The SMILES string of the molecule is COCc1nn2c(C)c(C(=O)Nc3ccccc3)cnc2c1-c1cccc(Cl)c1. The van der Waals surface area contributed by atoms with Gasteiger partial charge in [-0.05, 0) is 36.8 Å². The molecule has 4 aromatic rings. The molecule has 0 spiro atoms. The van der Waals surface area contributed by atoms with E-state index in [4.69, 9.17) is 16.3 Å². The molecule has 0 aliphatic heterocycles. The van der Waals surface area contributed by atoms with Gasteiger partial charge >= 0.3 is 0 Å². The molecule has 7 heteroatoms. The van der Waals surface area contributed by atoms with Gasteiger partial charge < -0.3 is 10.1 Å². The third-order valence-electron chi connectivity index (χ3n) is 4.63. The first kappa shape index (κ1) is 19.1. The lowest BCUT2D eigenvalue weighted by atomic mass is 10.1.